The van der Waals surface area contributed by atoms with Gasteiger partial charge in [0.05, 0.1) is 0 Å². The summed E-state index contributed by atoms with van der Waals surface area (Å²) in [5.74, 6) is 0.256. The van der Waals surface area contributed by atoms with Crippen LogP contribution in [0.25, 0.3) is 5.57 Å². The number of benzene rings is 1. The Labute approximate surface area is 155 Å². The van der Waals surface area contributed by atoms with Crippen molar-refractivity contribution in [1.29, 1.82) is 0 Å². The van der Waals surface area contributed by atoms with E-state index < -0.39 is 0 Å². The average Bonchev–Trinajstić information content (AvgIpc) is 2.74. The van der Waals surface area contributed by atoms with E-state index in [1.54, 1.807) is 12.1 Å². The lowest BCUT2D eigenvalue weighted by Gasteiger charge is -2.29. The molecule has 2 nitrogen and oxygen atoms in total. The molecule has 2 aliphatic heterocycles. The van der Waals surface area contributed by atoms with Crippen LogP contribution in [0.5, 0.6) is 0 Å². The minimum Gasteiger partial charge on any atom is -0.358 e. The number of rotatable bonds is 1. The van der Waals surface area contributed by atoms with E-state index in [1.807, 2.05) is 6.07 Å². The molecule has 136 valence electrons. The Hall–Kier alpha value is -2.13. The van der Waals surface area contributed by atoms with Crippen molar-refractivity contribution in [1.82, 2.24) is 4.90 Å². The molecule has 0 saturated heterocycles. The highest BCUT2D eigenvalue weighted by atomic mass is 19.1. The van der Waals surface area contributed by atoms with Crippen LogP contribution in [0.4, 0.5) is 10.1 Å². The third-order valence-corrected chi connectivity index (χ3v) is 5.89. The zero-order chi connectivity index (χ0) is 18.4. The number of hydrogen-bond acceptors (Lipinski definition) is 2. The summed E-state index contributed by atoms with van der Waals surface area (Å²) in [5, 5.41) is 3.63. The number of nitrogens with zero attached hydrogens (tertiary/aromatic N) is 1. The van der Waals surface area contributed by atoms with Crippen molar-refractivity contribution in [2.75, 3.05) is 18.9 Å². The van der Waals surface area contributed by atoms with E-state index in [4.69, 9.17) is 0 Å². The second-order valence-corrected chi connectivity index (χ2v) is 8.00. The molecule has 1 aromatic carbocycles. The van der Waals surface area contributed by atoms with Gasteiger partial charge in [0.1, 0.15) is 5.82 Å². The second kappa shape index (κ2) is 6.55. The average molecular weight is 350 g/mol. The van der Waals surface area contributed by atoms with E-state index in [-0.39, 0.29) is 5.82 Å². The van der Waals surface area contributed by atoms with Crippen molar-refractivity contribution < 1.29 is 4.39 Å². The van der Waals surface area contributed by atoms with Crippen molar-refractivity contribution in [2.24, 2.45) is 5.92 Å². The molecule has 0 fully saturated rings. The molecule has 2 atom stereocenters. The molecule has 3 aliphatic rings. The molecule has 1 aromatic rings. The van der Waals surface area contributed by atoms with Gasteiger partial charge in [-0.1, -0.05) is 24.6 Å². The number of nitrogens with one attached hydrogen (secondary N) is 1. The summed E-state index contributed by atoms with van der Waals surface area (Å²) in [7, 11) is 2.16. The van der Waals surface area contributed by atoms with Gasteiger partial charge in [-0.3, -0.25) is 4.90 Å². The number of hydrogen-bond donors (Lipinski definition) is 1. The van der Waals surface area contributed by atoms with Crippen LogP contribution in [0.3, 0.4) is 0 Å². The molecule has 0 saturated carbocycles. The van der Waals surface area contributed by atoms with Crippen molar-refractivity contribution in [3.63, 3.8) is 0 Å². The molecule has 0 spiro atoms. The first-order valence-corrected chi connectivity index (χ1v) is 9.53. The first-order valence-electron chi connectivity index (χ1n) is 9.53. The SMILES string of the molecule is CC1=CC2=C(Nc3ccc(F)cc3C(C3=C[C@H](C)N(C)CC3)=C2)C(C)C1. The highest BCUT2D eigenvalue weighted by Gasteiger charge is 2.26. The van der Waals surface area contributed by atoms with Gasteiger partial charge in [-0.05, 0) is 74.7 Å². The largest absolute Gasteiger partial charge is 0.358 e. The minimum atomic E-state index is -0.183. The number of anilines is 1. The zero-order valence-electron chi connectivity index (χ0n) is 16.1. The molecule has 2 heterocycles. The van der Waals surface area contributed by atoms with Gasteiger partial charge in [-0.25, -0.2) is 4.39 Å². The predicted octanol–water partition coefficient (Wildman–Crippen LogP) is 5.53. The maximum atomic E-state index is 14.1. The summed E-state index contributed by atoms with van der Waals surface area (Å²) in [6.07, 6.45) is 8.94. The van der Waals surface area contributed by atoms with Crippen LogP contribution in [0.1, 0.15) is 39.2 Å². The van der Waals surface area contributed by atoms with Gasteiger partial charge < -0.3 is 5.32 Å². The van der Waals surface area contributed by atoms with Gasteiger partial charge in [-0.2, -0.15) is 0 Å². The summed E-state index contributed by atoms with van der Waals surface area (Å²) in [6.45, 7) is 7.71. The third-order valence-electron chi connectivity index (χ3n) is 5.89. The molecule has 4 rings (SSSR count). The standard InChI is InChI=1S/C23H27FN2/c1-14-9-15(2)23-18(10-14)12-20(17-7-8-26(4)16(3)11-17)21-13-19(24)5-6-22(21)25-23/h5-6,10-13,15-16,25H,7-9H2,1-4H3/t15?,16-/m0/s1. The molecule has 1 unspecified atom stereocenters. The Balaban J connectivity index is 1.91. The minimum absolute atomic E-state index is 0.183. The number of allylic oxidation sites excluding steroid dienone is 6. The smallest absolute Gasteiger partial charge is 0.123 e. The fraction of sp³-hybridized carbons (Fsp3) is 0.391. The van der Waals surface area contributed by atoms with Crippen LogP contribution in [0.2, 0.25) is 0 Å². The van der Waals surface area contributed by atoms with Crippen molar-refractivity contribution in [2.45, 2.75) is 39.7 Å². The van der Waals surface area contributed by atoms with Gasteiger partial charge in [0.25, 0.3) is 0 Å². The summed E-state index contributed by atoms with van der Waals surface area (Å²) in [4.78, 5) is 2.35. The second-order valence-electron chi connectivity index (χ2n) is 8.00. The molecule has 1 aliphatic carbocycles. The lowest BCUT2D eigenvalue weighted by Crippen LogP contribution is -2.32. The molecule has 3 heteroatoms. The molecule has 1 N–H and O–H groups in total. The van der Waals surface area contributed by atoms with E-state index in [1.165, 1.54) is 22.4 Å². The highest BCUT2D eigenvalue weighted by Crippen LogP contribution is 2.41. The van der Waals surface area contributed by atoms with Gasteiger partial charge in [0.2, 0.25) is 0 Å². The molecule has 0 radical (unpaired) electrons. The Bertz CT molecular complexity index is 872. The van der Waals surface area contributed by atoms with Crippen LogP contribution in [0.15, 0.2) is 58.8 Å². The zero-order valence-corrected chi connectivity index (χ0v) is 16.1. The summed E-state index contributed by atoms with van der Waals surface area (Å²) >= 11 is 0. The van der Waals surface area contributed by atoms with Crippen LogP contribution < -0.4 is 5.32 Å². The Morgan fingerprint density at radius 1 is 1.19 bits per heavy atom. The summed E-state index contributed by atoms with van der Waals surface area (Å²) in [5.41, 5.74) is 8.35. The van der Waals surface area contributed by atoms with Crippen LogP contribution in [-0.4, -0.2) is 24.5 Å². The topological polar surface area (TPSA) is 15.3 Å². The molecular formula is C23H27FN2. The lowest BCUT2D eigenvalue weighted by atomic mass is 9.86. The summed E-state index contributed by atoms with van der Waals surface area (Å²) < 4.78 is 14.1. The maximum Gasteiger partial charge on any atom is 0.123 e. The van der Waals surface area contributed by atoms with Crippen LogP contribution >= 0.6 is 0 Å². The molecule has 26 heavy (non-hydrogen) atoms. The van der Waals surface area contributed by atoms with Gasteiger partial charge in [0.15, 0.2) is 0 Å². The third kappa shape index (κ3) is 3.05. The predicted molar refractivity (Wildman–Crippen MR) is 107 cm³/mol. The van der Waals surface area contributed by atoms with Gasteiger partial charge in [0, 0.05) is 35.5 Å². The number of likely N-dealkylation sites (N-methyl/N-ethyl adjacent to an activating group) is 1. The van der Waals surface area contributed by atoms with E-state index in [2.05, 4.69) is 56.3 Å². The maximum absolute atomic E-state index is 14.1. The Morgan fingerprint density at radius 3 is 2.77 bits per heavy atom. The summed E-state index contributed by atoms with van der Waals surface area (Å²) in [6, 6.07) is 5.50. The van der Waals surface area contributed by atoms with E-state index in [0.717, 1.165) is 36.2 Å². The highest BCUT2D eigenvalue weighted by molar-refractivity contribution is 5.90. The molecular weight excluding hydrogens is 323 g/mol. The number of halogens is 1. The molecule has 0 bridgehead atoms. The van der Waals surface area contributed by atoms with Crippen molar-refractivity contribution in [3.8, 4) is 0 Å². The fourth-order valence-electron chi connectivity index (χ4n) is 4.31. The number of fused-ring (bicyclic) bond motifs is 1. The monoisotopic (exact) mass is 350 g/mol. The van der Waals surface area contributed by atoms with Crippen molar-refractivity contribution >= 4 is 11.3 Å². The quantitative estimate of drug-likeness (QED) is 0.717. The first kappa shape index (κ1) is 17.3. The van der Waals surface area contributed by atoms with Crippen LogP contribution in [-0.2, 0) is 0 Å². The fourth-order valence-corrected chi connectivity index (χ4v) is 4.31. The molecule has 0 aromatic heterocycles. The lowest BCUT2D eigenvalue weighted by molar-refractivity contribution is 0.288. The normalized spacial score (nSPS) is 26.1. The Morgan fingerprint density at radius 2 is 2.00 bits per heavy atom. The Kier molecular flexibility index (Phi) is 4.36. The van der Waals surface area contributed by atoms with Gasteiger partial charge >= 0.3 is 0 Å². The molecule has 0 amide bonds. The van der Waals surface area contributed by atoms with E-state index in [0.29, 0.717) is 12.0 Å². The van der Waals surface area contributed by atoms with Gasteiger partial charge in [-0.15, -0.1) is 0 Å². The van der Waals surface area contributed by atoms with Crippen molar-refractivity contribution in [3.05, 3.63) is 70.2 Å². The van der Waals surface area contributed by atoms with E-state index >= 15 is 0 Å². The first-order chi connectivity index (χ1) is 12.4. The van der Waals surface area contributed by atoms with Crippen LogP contribution in [0, 0.1) is 11.7 Å². The van der Waals surface area contributed by atoms with E-state index in [9.17, 15) is 4.39 Å².